The molecule has 1 aromatic rings. The van der Waals surface area contributed by atoms with Gasteiger partial charge in [-0.25, -0.2) is 10.2 Å². The number of hydrogen-bond acceptors (Lipinski definition) is 3. The van der Waals surface area contributed by atoms with Gasteiger partial charge in [0.2, 0.25) is 0 Å². The van der Waals surface area contributed by atoms with Crippen molar-refractivity contribution in [3.8, 4) is 0 Å². The summed E-state index contributed by atoms with van der Waals surface area (Å²) in [7, 11) is 1.77. The third kappa shape index (κ3) is 5.76. The number of hydrogen-bond donors (Lipinski definition) is 2. The molecule has 1 aliphatic carbocycles. The first kappa shape index (κ1) is 21.3. The minimum Gasteiger partial charge on any atom is -0.457 e. The Morgan fingerprint density at radius 2 is 1.96 bits per heavy atom. The lowest BCUT2D eigenvalue weighted by Crippen LogP contribution is -2.46. The lowest BCUT2D eigenvalue weighted by atomic mass is 9.95. The number of alkyl halides is 3. The fourth-order valence-corrected chi connectivity index (χ4v) is 3.22. The van der Waals surface area contributed by atoms with Crippen molar-refractivity contribution in [2.75, 3.05) is 19.1 Å². The summed E-state index contributed by atoms with van der Waals surface area (Å²) >= 11 is 5.99. The van der Waals surface area contributed by atoms with Crippen LogP contribution in [0, 0.1) is 0 Å². The van der Waals surface area contributed by atoms with Crippen molar-refractivity contribution in [1.29, 1.82) is 0 Å². The third-order valence-electron chi connectivity index (χ3n) is 4.55. The Balaban J connectivity index is 2.25. The molecule has 1 aliphatic rings. The molecule has 0 aromatic heterocycles. The topological polar surface area (TPSA) is 53.4 Å². The van der Waals surface area contributed by atoms with Crippen LogP contribution in [-0.4, -0.2) is 36.1 Å². The molecule has 0 aliphatic heterocycles. The molecule has 1 fully saturated rings. The van der Waals surface area contributed by atoms with Gasteiger partial charge in [0.25, 0.3) is 0 Å². The Bertz CT molecular complexity index is 702. The van der Waals surface area contributed by atoms with E-state index in [4.69, 9.17) is 16.3 Å². The number of benzene rings is 1. The molecule has 2 N–H and O–H groups in total. The minimum atomic E-state index is -4.49. The van der Waals surface area contributed by atoms with Crippen LogP contribution in [0.2, 0.25) is 5.02 Å². The van der Waals surface area contributed by atoms with Gasteiger partial charge in [-0.3, -0.25) is 4.58 Å². The summed E-state index contributed by atoms with van der Waals surface area (Å²) in [5.74, 6) is -0.446. The number of hydrazine groups is 1. The second-order valence-corrected chi connectivity index (χ2v) is 6.82. The molecule has 0 radical (unpaired) electrons. The molecule has 0 bridgehead atoms. The first-order valence-corrected chi connectivity index (χ1v) is 9.27. The summed E-state index contributed by atoms with van der Waals surface area (Å²) in [6.45, 7) is 1.88. The highest BCUT2D eigenvalue weighted by atomic mass is 35.5. The number of ether oxygens (including phenoxy) is 1. The largest absolute Gasteiger partial charge is 0.457 e. The average Bonchev–Trinajstić information content (AvgIpc) is 2.63. The quantitative estimate of drug-likeness (QED) is 0.258. The van der Waals surface area contributed by atoms with Crippen LogP contribution in [0.5, 0.6) is 0 Å². The Hall–Kier alpha value is -1.96. The van der Waals surface area contributed by atoms with Gasteiger partial charge in [0, 0.05) is 0 Å². The van der Waals surface area contributed by atoms with Crippen LogP contribution in [0.1, 0.15) is 44.6 Å². The maximum atomic E-state index is 12.9. The van der Waals surface area contributed by atoms with Gasteiger partial charge in [0.1, 0.15) is 0 Å². The molecule has 0 saturated heterocycles. The van der Waals surface area contributed by atoms with Gasteiger partial charge < -0.3 is 4.74 Å². The Labute approximate surface area is 161 Å². The molecule has 5 nitrogen and oxygen atoms in total. The first-order chi connectivity index (χ1) is 12.7. The van der Waals surface area contributed by atoms with Gasteiger partial charge in [0.15, 0.2) is 0 Å². The Kier molecular flexibility index (Phi) is 7.35. The summed E-state index contributed by atoms with van der Waals surface area (Å²) in [5.41, 5.74) is 4.51. The van der Waals surface area contributed by atoms with Gasteiger partial charge >= 0.3 is 18.0 Å². The van der Waals surface area contributed by atoms with Crippen molar-refractivity contribution in [3.63, 3.8) is 0 Å². The molecule has 2 rings (SSSR count). The van der Waals surface area contributed by atoms with E-state index in [-0.39, 0.29) is 29.2 Å². The molecule has 0 atom stereocenters. The van der Waals surface area contributed by atoms with Crippen LogP contribution < -0.4 is 10.9 Å². The molecule has 0 spiro atoms. The lowest BCUT2D eigenvalue weighted by molar-refractivity contribution is -0.543. The average molecular weight is 407 g/mol. The van der Waals surface area contributed by atoms with E-state index in [1.165, 1.54) is 0 Å². The molecule has 150 valence electrons. The van der Waals surface area contributed by atoms with Crippen molar-refractivity contribution >= 4 is 29.1 Å². The van der Waals surface area contributed by atoms with Crippen molar-refractivity contribution in [1.82, 2.24) is 5.43 Å². The van der Waals surface area contributed by atoms with Gasteiger partial charge in [-0.1, -0.05) is 18.0 Å². The highest BCUT2D eigenvalue weighted by molar-refractivity contribution is 6.34. The second-order valence-electron chi connectivity index (χ2n) is 6.41. The molecule has 0 amide bonds. The summed E-state index contributed by atoms with van der Waals surface area (Å²) < 4.78 is 45.6. The molecule has 9 heteroatoms. The van der Waals surface area contributed by atoms with Crippen molar-refractivity contribution < 1.29 is 27.3 Å². The van der Waals surface area contributed by atoms with Gasteiger partial charge in [-0.15, -0.1) is 0 Å². The summed E-state index contributed by atoms with van der Waals surface area (Å²) in [6.07, 6.45) is 0.672. The predicted molar refractivity (Wildman–Crippen MR) is 97.9 cm³/mol. The number of amidine groups is 1. The molecule has 0 unspecified atom stereocenters. The molecule has 0 heterocycles. The zero-order valence-corrected chi connectivity index (χ0v) is 16.1. The number of nitrogens with one attached hydrogen (secondary N) is 2. The van der Waals surface area contributed by atoms with Crippen LogP contribution in [-0.2, 0) is 15.7 Å². The number of esters is 1. The highest BCUT2D eigenvalue weighted by Crippen LogP contribution is 2.33. The maximum Gasteiger partial charge on any atom is 0.423 e. The predicted octanol–water partition coefficient (Wildman–Crippen LogP) is 4.21. The summed E-state index contributed by atoms with van der Waals surface area (Å²) in [5, 5.41) is 0.0963. The van der Waals surface area contributed by atoms with E-state index < -0.39 is 17.7 Å². The number of anilines is 1. The van der Waals surface area contributed by atoms with Crippen LogP contribution in [0.15, 0.2) is 18.2 Å². The molecular formula is C18H24ClF3N3O2+. The van der Waals surface area contributed by atoms with Gasteiger partial charge in [0.05, 0.1) is 36.0 Å². The number of carbonyl (C=O) groups is 1. The number of carbonyl (C=O) groups excluding carboxylic acids is 1. The highest BCUT2D eigenvalue weighted by Gasteiger charge is 2.32. The molecular weight excluding hydrogens is 383 g/mol. The zero-order valence-electron chi connectivity index (χ0n) is 15.3. The van der Waals surface area contributed by atoms with Crippen LogP contribution in [0.25, 0.3) is 0 Å². The number of halogens is 4. The van der Waals surface area contributed by atoms with E-state index in [0.29, 0.717) is 0 Å². The van der Waals surface area contributed by atoms with E-state index in [9.17, 15) is 18.0 Å². The molecule has 1 aromatic carbocycles. The minimum absolute atomic E-state index is 0.0188. The standard InChI is InChI=1S/C18H23ClF3N3O2/c1-3-27-17(26)16(25(2)13-7-5-4-6-8-13)24-23-15-11-12(18(20,21)22)9-10-14(15)19/h9-11,13H,3-8H2,1-2H3,(H,23,26)/p+1. The normalized spacial score (nSPS) is 16.5. The second kappa shape index (κ2) is 9.30. The molecule has 1 saturated carbocycles. The Morgan fingerprint density at radius 1 is 1.30 bits per heavy atom. The zero-order chi connectivity index (χ0) is 20.0. The van der Waals surface area contributed by atoms with E-state index >= 15 is 0 Å². The van der Waals surface area contributed by atoms with Crippen molar-refractivity contribution in [2.45, 2.75) is 51.2 Å². The van der Waals surface area contributed by atoms with Crippen molar-refractivity contribution in [2.24, 2.45) is 0 Å². The lowest BCUT2D eigenvalue weighted by Gasteiger charge is -2.22. The fraction of sp³-hybridized carbons (Fsp3) is 0.556. The van der Waals surface area contributed by atoms with E-state index in [1.807, 2.05) is 0 Å². The van der Waals surface area contributed by atoms with Crippen LogP contribution in [0.4, 0.5) is 18.9 Å². The number of nitrogens with zero attached hydrogens (tertiary/aromatic N) is 1. The third-order valence-corrected chi connectivity index (χ3v) is 4.88. The summed E-state index contributed by atoms with van der Waals surface area (Å²) in [4.78, 5) is 12.3. The van der Waals surface area contributed by atoms with E-state index in [0.717, 1.165) is 50.3 Å². The van der Waals surface area contributed by atoms with E-state index in [2.05, 4.69) is 10.9 Å². The fourth-order valence-electron chi connectivity index (χ4n) is 3.06. The monoisotopic (exact) mass is 406 g/mol. The van der Waals surface area contributed by atoms with Crippen LogP contribution in [0.3, 0.4) is 0 Å². The first-order valence-electron chi connectivity index (χ1n) is 8.89. The smallest absolute Gasteiger partial charge is 0.423 e. The Morgan fingerprint density at radius 3 is 2.56 bits per heavy atom. The maximum absolute atomic E-state index is 12.9. The van der Waals surface area contributed by atoms with Crippen molar-refractivity contribution in [3.05, 3.63) is 28.8 Å². The van der Waals surface area contributed by atoms with Crippen LogP contribution >= 0.6 is 11.6 Å². The van der Waals surface area contributed by atoms with Gasteiger partial charge in [-0.2, -0.15) is 18.6 Å². The van der Waals surface area contributed by atoms with Gasteiger partial charge in [-0.05, 0) is 50.8 Å². The SMILES string of the molecule is CCOC(=O)C(NNc1cc(C(F)(F)F)ccc1Cl)=[N+](C)C1CCCCC1. The summed E-state index contributed by atoms with van der Waals surface area (Å²) in [6, 6.07) is 3.10. The number of rotatable bonds is 4. The molecule has 27 heavy (non-hydrogen) atoms. The van der Waals surface area contributed by atoms with E-state index in [1.54, 1.807) is 18.5 Å².